The minimum Gasteiger partial charge on any atom is -0.475 e. The molecular weight excluding hydrogens is 288 g/mol. The van der Waals surface area contributed by atoms with E-state index in [4.69, 9.17) is 11.7 Å². The number of thiophene rings is 1. The van der Waals surface area contributed by atoms with Crippen LogP contribution < -0.4 is 0 Å². The number of hydrogen-bond acceptors (Lipinski definition) is 4. The van der Waals surface area contributed by atoms with Gasteiger partial charge >= 0.3 is 5.97 Å². The number of carbonyl (C=O) groups is 2. The molecule has 2 aromatic rings. The smallest absolute Gasteiger partial charge is 0.372 e. The summed E-state index contributed by atoms with van der Waals surface area (Å²) < 4.78 is 0. The summed E-state index contributed by atoms with van der Waals surface area (Å²) in [6.45, 7) is 7.06. The third-order valence-electron chi connectivity index (χ3n) is 2.97. The highest BCUT2D eigenvalue weighted by Crippen LogP contribution is 2.27. The van der Waals surface area contributed by atoms with Gasteiger partial charge in [0.25, 0.3) is 0 Å². The number of carboxylic acids is 1. The highest BCUT2D eigenvalue weighted by atomic mass is 32.1. The summed E-state index contributed by atoms with van der Waals surface area (Å²) in [5.74, 6) is -2.31. The van der Waals surface area contributed by atoms with Gasteiger partial charge in [-0.3, -0.25) is 9.78 Å². The zero-order valence-corrected chi connectivity index (χ0v) is 11.9. The third kappa shape index (κ3) is 3.97. The van der Waals surface area contributed by atoms with Gasteiger partial charge in [-0.05, 0) is 35.4 Å². The lowest BCUT2D eigenvalue weighted by Crippen LogP contribution is -2.15. The van der Waals surface area contributed by atoms with E-state index in [1.165, 1.54) is 11.3 Å². The molecule has 2 aromatic heterocycles. The zero-order chi connectivity index (χ0) is 15.2. The van der Waals surface area contributed by atoms with E-state index in [2.05, 4.69) is 9.83 Å². The Labute approximate surface area is 125 Å². The number of nitrogens with zero attached hydrogens (tertiary/aromatic N) is 2. The molecule has 0 aliphatic rings. The molecule has 0 saturated heterocycles. The van der Waals surface area contributed by atoms with Crippen LogP contribution in [0.15, 0.2) is 29.8 Å². The van der Waals surface area contributed by atoms with Crippen molar-refractivity contribution in [2.45, 2.75) is 19.3 Å². The van der Waals surface area contributed by atoms with E-state index >= 15 is 0 Å². The van der Waals surface area contributed by atoms with Gasteiger partial charge in [-0.1, -0.05) is 12.1 Å². The number of carbonyl (C=O) groups excluding carboxylic acids is 1. The SMILES string of the molecule is [C-]#[N+]c1sccc1CCc1ccc(CC(=O)C(=O)O)nc1. The summed E-state index contributed by atoms with van der Waals surface area (Å²) >= 11 is 1.43. The van der Waals surface area contributed by atoms with Gasteiger partial charge in [-0.25, -0.2) is 9.64 Å². The summed E-state index contributed by atoms with van der Waals surface area (Å²) in [4.78, 5) is 29.1. The number of pyridine rings is 1. The minimum absolute atomic E-state index is 0.192. The molecule has 0 radical (unpaired) electrons. The monoisotopic (exact) mass is 300 g/mol. The van der Waals surface area contributed by atoms with Crippen LogP contribution in [0.5, 0.6) is 0 Å². The van der Waals surface area contributed by atoms with Gasteiger partial charge in [-0.15, -0.1) is 0 Å². The Balaban J connectivity index is 1.95. The molecule has 2 heterocycles. The third-order valence-corrected chi connectivity index (χ3v) is 3.82. The summed E-state index contributed by atoms with van der Waals surface area (Å²) in [6.07, 6.45) is 2.96. The summed E-state index contributed by atoms with van der Waals surface area (Å²) in [5.41, 5.74) is 2.47. The van der Waals surface area contributed by atoms with E-state index in [0.717, 1.165) is 24.0 Å². The molecule has 0 spiro atoms. The van der Waals surface area contributed by atoms with Crippen molar-refractivity contribution < 1.29 is 14.7 Å². The highest BCUT2D eigenvalue weighted by molar-refractivity contribution is 7.14. The standard InChI is InChI=1S/C15H12N2O3S/c1-16-14-11(6-7-21-14)4-2-10-3-5-12(17-9-10)8-13(18)15(19)20/h3,5-7,9H,2,4,8H2,(H,19,20). The molecule has 0 unspecified atom stereocenters. The largest absolute Gasteiger partial charge is 0.475 e. The molecule has 106 valence electrons. The number of Topliss-reactive ketones (excluding diaryl/α,β-unsaturated/α-hetero) is 1. The lowest BCUT2D eigenvalue weighted by atomic mass is 10.1. The molecule has 0 fully saturated rings. The molecule has 2 rings (SSSR count). The number of aliphatic carboxylic acids is 1. The first-order valence-corrected chi connectivity index (χ1v) is 7.12. The van der Waals surface area contributed by atoms with Crippen LogP contribution in [0.1, 0.15) is 16.8 Å². The molecule has 0 amide bonds. The van der Waals surface area contributed by atoms with Crippen molar-refractivity contribution in [3.63, 3.8) is 0 Å². The second-order valence-electron chi connectivity index (χ2n) is 4.43. The fraction of sp³-hybridized carbons (Fsp3) is 0.200. The number of carboxylic acid groups (broad SMARTS) is 1. The molecule has 0 aliphatic carbocycles. The second-order valence-corrected chi connectivity index (χ2v) is 5.32. The fourth-order valence-electron chi connectivity index (χ4n) is 1.84. The molecule has 21 heavy (non-hydrogen) atoms. The van der Waals surface area contributed by atoms with Gasteiger partial charge in [0.1, 0.15) is 0 Å². The summed E-state index contributed by atoms with van der Waals surface area (Å²) in [7, 11) is 0. The van der Waals surface area contributed by atoms with Crippen molar-refractivity contribution in [1.82, 2.24) is 4.98 Å². The van der Waals surface area contributed by atoms with Crippen molar-refractivity contribution in [2.75, 3.05) is 0 Å². The Hall–Kier alpha value is -2.52. The van der Waals surface area contributed by atoms with Crippen LogP contribution in [0, 0.1) is 6.57 Å². The minimum atomic E-state index is -1.44. The van der Waals surface area contributed by atoms with Crippen LogP contribution in [-0.2, 0) is 28.9 Å². The van der Waals surface area contributed by atoms with Gasteiger partial charge < -0.3 is 5.11 Å². The Morgan fingerprint density at radius 2 is 2.10 bits per heavy atom. The van der Waals surface area contributed by atoms with Crippen molar-refractivity contribution in [3.05, 3.63) is 58.0 Å². The second kappa shape index (κ2) is 6.77. The number of aryl methyl sites for hydroxylation is 2. The van der Waals surface area contributed by atoms with E-state index in [1.54, 1.807) is 12.3 Å². The van der Waals surface area contributed by atoms with Crippen LogP contribution in [0.4, 0.5) is 5.00 Å². The highest BCUT2D eigenvalue weighted by Gasteiger charge is 2.12. The lowest BCUT2D eigenvalue weighted by molar-refractivity contribution is -0.148. The number of ketones is 1. The number of rotatable bonds is 6. The fourth-order valence-corrected chi connectivity index (χ4v) is 2.58. The van der Waals surface area contributed by atoms with Gasteiger partial charge in [0.05, 0.1) is 13.0 Å². The van der Waals surface area contributed by atoms with Gasteiger partial charge in [-0.2, -0.15) is 11.3 Å². The van der Waals surface area contributed by atoms with Crippen LogP contribution in [-0.4, -0.2) is 21.8 Å². The van der Waals surface area contributed by atoms with E-state index in [9.17, 15) is 9.59 Å². The maximum Gasteiger partial charge on any atom is 0.372 e. The van der Waals surface area contributed by atoms with E-state index in [1.807, 2.05) is 17.5 Å². The topological polar surface area (TPSA) is 71.6 Å². The van der Waals surface area contributed by atoms with Crippen molar-refractivity contribution >= 4 is 28.1 Å². The van der Waals surface area contributed by atoms with Crippen LogP contribution in [0.3, 0.4) is 0 Å². The molecule has 6 heteroatoms. The molecule has 1 N–H and O–H groups in total. The normalized spacial score (nSPS) is 10.0. The Kier molecular flexibility index (Phi) is 4.80. The van der Waals surface area contributed by atoms with Crippen molar-refractivity contribution in [1.29, 1.82) is 0 Å². The molecule has 0 atom stereocenters. The first-order valence-electron chi connectivity index (χ1n) is 6.24. The first kappa shape index (κ1) is 14.9. The maximum absolute atomic E-state index is 11.1. The van der Waals surface area contributed by atoms with E-state index in [0.29, 0.717) is 10.7 Å². The van der Waals surface area contributed by atoms with E-state index in [-0.39, 0.29) is 6.42 Å². The average molecular weight is 300 g/mol. The van der Waals surface area contributed by atoms with Crippen LogP contribution in [0.25, 0.3) is 4.85 Å². The Bertz CT molecular complexity index is 698. The van der Waals surface area contributed by atoms with E-state index < -0.39 is 11.8 Å². The van der Waals surface area contributed by atoms with Gasteiger partial charge in [0.2, 0.25) is 10.8 Å². The molecular formula is C15H12N2O3S. The average Bonchev–Trinajstić information content (AvgIpc) is 2.94. The Morgan fingerprint density at radius 1 is 1.29 bits per heavy atom. The number of aromatic nitrogens is 1. The molecule has 0 bridgehead atoms. The summed E-state index contributed by atoms with van der Waals surface area (Å²) in [6, 6.07) is 5.45. The predicted molar refractivity (Wildman–Crippen MR) is 78.6 cm³/mol. The quantitative estimate of drug-likeness (QED) is 0.657. The van der Waals surface area contributed by atoms with Crippen molar-refractivity contribution in [2.24, 2.45) is 0 Å². The molecule has 0 aromatic carbocycles. The maximum atomic E-state index is 11.1. The van der Waals surface area contributed by atoms with Gasteiger partial charge in [0, 0.05) is 11.9 Å². The lowest BCUT2D eigenvalue weighted by Gasteiger charge is -2.02. The molecule has 0 aliphatic heterocycles. The van der Waals surface area contributed by atoms with Crippen molar-refractivity contribution in [3.8, 4) is 0 Å². The van der Waals surface area contributed by atoms with Crippen LogP contribution in [0.2, 0.25) is 0 Å². The number of hydrogen-bond donors (Lipinski definition) is 1. The predicted octanol–water partition coefficient (Wildman–Crippen LogP) is 2.68. The first-order chi connectivity index (χ1) is 10.1. The molecule has 0 saturated carbocycles. The zero-order valence-electron chi connectivity index (χ0n) is 11.1. The summed E-state index contributed by atoms with van der Waals surface area (Å²) in [5, 5.41) is 11.2. The van der Waals surface area contributed by atoms with Gasteiger partial charge in [0.15, 0.2) is 0 Å². The van der Waals surface area contributed by atoms with Crippen LogP contribution >= 0.6 is 11.3 Å². The molecule has 5 nitrogen and oxygen atoms in total. The Morgan fingerprint density at radius 3 is 2.71 bits per heavy atom.